The summed E-state index contributed by atoms with van der Waals surface area (Å²) in [5, 5.41) is 0. The quantitative estimate of drug-likeness (QED) is 0.484. The summed E-state index contributed by atoms with van der Waals surface area (Å²) < 4.78 is 6.00. The molecule has 0 aliphatic heterocycles. The Morgan fingerprint density at radius 3 is 2.47 bits per heavy atom. The molecule has 0 fully saturated rings. The van der Waals surface area contributed by atoms with Gasteiger partial charge in [0, 0.05) is 4.43 Å². The Kier molecular flexibility index (Phi) is 4.57. The molecule has 0 aliphatic carbocycles. The number of ether oxygens (including phenoxy) is 1. The van der Waals surface area contributed by atoms with E-state index in [2.05, 4.69) is 22.6 Å². The predicted octanol–water partition coefficient (Wildman–Crippen LogP) is 3.19. The smallest absolute Gasteiger partial charge is 0.312 e. The zero-order chi connectivity index (χ0) is 11.3. The molecule has 0 bridgehead atoms. The van der Waals surface area contributed by atoms with Crippen LogP contribution in [-0.2, 0) is 16.1 Å². The van der Waals surface area contributed by atoms with Gasteiger partial charge in [0.05, 0.1) is 5.41 Å². The SMILES string of the molecule is CC(C)(CI)C(=O)OCc1ccccc1. The summed E-state index contributed by atoms with van der Waals surface area (Å²) in [5.74, 6) is -0.138. The van der Waals surface area contributed by atoms with E-state index in [0.29, 0.717) is 6.61 Å². The minimum absolute atomic E-state index is 0.138. The van der Waals surface area contributed by atoms with Crippen molar-refractivity contribution in [3.8, 4) is 0 Å². The second kappa shape index (κ2) is 5.49. The minimum atomic E-state index is -0.394. The van der Waals surface area contributed by atoms with Gasteiger partial charge >= 0.3 is 5.97 Å². The topological polar surface area (TPSA) is 26.3 Å². The van der Waals surface area contributed by atoms with Crippen LogP contribution in [0.1, 0.15) is 19.4 Å². The standard InChI is InChI=1S/C12H15IO2/c1-12(2,9-13)11(14)15-8-10-6-4-3-5-7-10/h3-7H,8-9H2,1-2H3. The van der Waals surface area contributed by atoms with E-state index >= 15 is 0 Å². The molecule has 15 heavy (non-hydrogen) atoms. The highest BCUT2D eigenvalue weighted by atomic mass is 127. The van der Waals surface area contributed by atoms with Crippen LogP contribution in [-0.4, -0.2) is 10.4 Å². The van der Waals surface area contributed by atoms with E-state index in [9.17, 15) is 4.79 Å². The third-order valence-corrected chi connectivity index (χ3v) is 4.01. The molecular weight excluding hydrogens is 303 g/mol. The summed E-state index contributed by atoms with van der Waals surface area (Å²) in [4.78, 5) is 11.6. The van der Waals surface area contributed by atoms with Gasteiger partial charge < -0.3 is 4.74 Å². The molecule has 0 spiro atoms. The number of hydrogen-bond donors (Lipinski definition) is 0. The molecule has 0 radical (unpaired) electrons. The summed E-state index contributed by atoms with van der Waals surface area (Å²) >= 11 is 2.20. The van der Waals surface area contributed by atoms with Crippen molar-refractivity contribution >= 4 is 28.6 Å². The summed E-state index contributed by atoms with van der Waals surface area (Å²) in [6.45, 7) is 4.15. The zero-order valence-corrected chi connectivity index (χ0v) is 11.2. The van der Waals surface area contributed by atoms with Gasteiger partial charge in [-0.1, -0.05) is 52.9 Å². The van der Waals surface area contributed by atoms with Crippen LogP contribution < -0.4 is 0 Å². The molecule has 0 aliphatic rings. The first-order valence-corrected chi connectivity index (χ1v) is 6.36. The summed E-state index contributed by atoms with van der Waals surface area (Å²) in [7, 11) is 0. The molecule has 0 unspecified atom stereocenters. The van der Waals surface area contributed by atoms with Gasteiger partial charge in [0.2, 0.25) is 0 Å². The lowest BCUT2D eigenvalue weighted by Crippen LogP contribution is -2.27. The molecule has 3 heteroatoms. The summed E-state index contributed by atoms with van der Waals surface area (Å²) in [6.07, 6.45) is 0. The lowest BCUT2D eigenvalue weighted by Gasteiger charge is -2.19. The predicted molar refractivity (Wildman–Crippen MR) is 68.9 cm³/mol. The van der Waals surface area contributed by atoms with Crippen molar-refractivity contribution in [2.75, 3.05) is 4.43 Å². The lowest BCUT2D eigenvalue weighted by molar-refractivity contribution is -0.153. The molecule has 1 rings (SSSR count). The fourth-order valence-electron chi connectivity index (χ4n) is 0.973. The van der Waals surface area contributed by atoms with Crippen molar-refractivity contribution in [3.05, 3.63) is 35.9 Å². The third kappa shape index (κ3) is 3.81. The molecule has 2 nitrogen and oxygen atoms in total. The van der Waals surface area contributed by atoms with Crippen molar-refractivity contribution < 1.29 is 9.53 Å². The van der Waals surface area contributed by atoms with Crippen LogP contribution in [0.2, 0.25) is 0 Å². The number of carbonyl (C=O) groups is 1. The van der Waals surface area contributed by atoms with Crippen LogP contribution in [0.3, 0.4) is 0 Å². The lowest BCUT2D eigenvalue weighted by atomic mass is 9.97. The van der Waals surface area contributed by atoms with Crippen molar-refractivity contribution in [1.82, 2.24) is 0 Å². The zero-order valence-electron chi connectivity index (χ0n) is 9.00. The van der Waals surface area contributed by atoms with E-state index in [4.69, 9.17) is 4.74 Å². The Balaban J connectivity index is 2.48. The number of hydrogen-bond acceptors (Lipinski definition) is 2. The second-order valence-electron chi connectivity index (χ2n) is 4.08. The maximum absolute atomic E-state index is 11.6. The molecule has 1 aromatic rings. The summed E-state index contributed by atoms with van der Waals surface area (Å²) in [6, 6.07) is 9.72. The molecule has 0 amide bonds. The van der Waals surface area contributed by atoms with Crippen molar-refractivity contribution in [1.29, 1.82) is 0 Å². The van der Waals surface area contributed by atoms with Crippen LogP contribution in [0.15, 0.2) is 30.3 Å². The van der Waals surface area contributed by atoms with Gasteiger partial charge in [0.25, 0.3) is 0 Å². The average Bonchev–Trinajstić information content (AvgIpc) is 2.27. The van der Waals surface area contributed by atoms with E-state index in [1.54, 1.807) is 0 Å². The van der Waals surface area contributed by atoms with Crippen LogP contribution in [0.5, 0.6) is 0 Å². The van der Waals surface area contributed by atoms with Crippen LogP contribution in [0.4, 0.5) is 0 Å². The monoisotopic (exact) mass is 318 g/mol. The van der Waals surface area contributed by atoms with Gasteiger partial charge in [-0.05, 0) is 19.4 Å². The maximum atomic E-state index is 11.6. The summed E-state index contributed by atoms with van der Waals surface area (Å²) in [5.41, 5.74) is 0.630. The molecule has 1 aromatic carbocycles. The number of rotatable bonds is 4. The Bertz CT molecular complexity index is 320. The fourth-order valence-corrected chi connectivity index (χ4v) is 1.28. The highest BCUT2D eigenvalue weighted by Crippen LogP contribution is 2.21. The molecule has 0 atom stereocenters. The molecule has 0 heterocycles. The van der Waals surface area contributed by atoms with Crippen molar-refractivity contribution in [3.63, 3.8) is 0 Å². The van der Waals surface area contributed by atoms with Gasteiger partial charge in [0.15, 0.2) is 0 Å². The minimum Gasteiger partial charge on any atom is -0.460 e. The van der Waals surface area contributed by atoms with Gasteiger partial charge in [0.1, 0.15) is 6.61 Å². The van der Waals surface area contributed by atoms with Crippen molar-refractivity contribution in [2.45, 2.75) is 20.5 Å². The molecule has 0 N–H and O–H groups in total. The van der Waals surface area contributed by atoms with E-state index in [0.717, 1.165) is 9.99 Å². The normalized spacial score (nSPS) is 11.1. The second-order valence-corrected chi connectivity index (χ2v) is 4.84. The van der Waals surface area contributed by atoms with Gasteiger partial charge in [-0.2, -0.15) is 0 Å². The Morgan fingerprint density at radius 2 is 1.93 bits per heavy atom. The van der Waals surface area contributed by atoms with Crippen LogP contribution in [0.25, 0.3) is 0 Å². The van der Waals surface area contributed by atoms with E-state index < -0.39 is 5.41 Å². The molecule has 0 aromatic heterocycles. The molecule has 0 saturated heterocycles. The van der Waals surface area contributed by atoms with Crippen LogP contribution >= 0.6 is 22.6 Å². The number of carbonyl (C=O) groups excluding carboxylic acids is 1. The van der Waals surface area contributed by atoms with E-state index in [1.807, 2.05) is 44.2 Å². The largest absolute Gasteiger partial charge is 0.460 e. The fraction of sp³-hybridized carbons (Fsp3) is 0.417. The highest BCUT2D eigenvalue weighted by molar-refractivity contribution is 14.1. The number of halogens is 1. The Morgan fingerprint density at radius 1 is 1.33 bits per heavy atom. The first-order chi connectivity index (χ1) is 7.06. The van der Waals surface area contributed by atoms with Crippen molar-refractivity contribution in [2.24, 2.45) is 5.41 Å². The van der Waals surface area contributed by atoms with Gasteiger partial charge in [-0.3, -0.25) is 4.79 Å². The Hall–Kier alpha value is -0.580. The highest BCUT2D eigenvalue weighted by Gasteiger charge is 2.27. The van der Waals surface area contributed by atoms with Gasteiger partial charge in [-0.15, -0.1) is 0 Å². The number of alkyl halides is 1. The first-order valence-electron chi connectivity index (χ1n) is 4.83. The first kappa shape index (κ1) is 12.5. The van der Waals surface area contributed by atoms with E-state index in [-0.39, 0.29) is 5.97 Å². The van der Waals surface area contributed by atoms with Gasteiger partial charge in [-0.25, -0.2) is 0 Å². The number of benzene rings is 1. The average molecular weight is 318 g/mol. The van der Waals surface area contributed by atoms with E-state index in [1.165, 1.54) is 0 Å². The van der Waals surface area contributed by atoms with Crippen LogP contribution in [0, 0.1) is 5.41 Å². The maximum Gasteiger partial charge on any atom is 0.312 e. The third-order valence-electron chi connectivity index (χ3n) is 2.10. The molecule has 0 saturated carbocycles. The molecule has 82 valence electrons. The molecular formula is C12H15IO2. The number of esters is 1. The Labute approximate surface area is 104 Å².